The first-order chi connectivity index (χ1) is 11.2. The van der Waals surface area contributed by atoms with Crippen LogP contribution in [0.3, 0.4) is 0 Å². The number of halogens is 4. The number of nitrogen functional groups attached to an aromatic ring is 1. The van der Waals surface area contributed by atoms with Crippen molar-refractivity contribution in [2.45, 2.75) is 19.1 Å². The summed E-state index contributed by atoms with van der Waals surface area (Å²) in [5.74, 6) is 0. The van der Waals surface area contributed by atoms with Crippen LogP contribution in [0, 0.1) is 0 Å². The average molecular weight is 358 g/mol. The highest BCUT2D eigenvalue weighted by molar-refractivity contribution is 6.34. The Bertz CT molecular complexity index is 712. The molecule has 1 atom stereocenters. The van der Waals surface area contributed by atoms with E-state index in [-0.39, 0.29) is 22.4 Å². The number of amides is 2. The molecule has 0 aliphatic rings. The van der Waals surface area contributed by atoms with Gasteiger partial charge in [-0.1, -0.05) is 41.9 Å². The van der Waals surface area contributed by atoms with Crippen LogP contribution < -0.4 is 16.4 Å². The highest BCUT2D eigenvalue weighted by Crippen LogP contribution is 2.37. The smallest absolute Gasteiger partial charge is 0.397 e. The Kier molecular flexibility index (Phi) is 5.23. The number of anilines is 2. The van der Waals surface area contributed by atoms with Crippen LogP contribution in [0.15, 0.2) is 42.5 Å². The fraction of sp³-hybridized carbons (Fsp3) is 0.188. The summed E-state index contributed by atoms with van der Waals surface area (Å²) in [5, 5.41) is 4.75. The summed E-state index contributed by atoms with van der Waals surface area (Å²) < 4.78 is 38.1. The molecule has 0 fully saturated rings. The second kappa shape index (κ2) is 7.00. The number of urea groups is 1. The van der Waals surface area contributed by atoms with Gasteiger partial charge >= 0.3 is 12.2 Å². The third kappa shape index (κ3) is 4.32. The highest BCUT2D eigenvalue weighted by atomic mass is 35.5. The molecule has 2 amide bonds. The first kappa shape index (κ1) is 17.9. The Morgan fingerprint density at radius 2 is 1.83 bits per heavy atom. The Morgan fingerprint density at radius 1 is 1.21 bits per heavy atom. The largest absolute Gasteiger partial charge is 0.416 e. The van der Waals surface area contributed by atoms with E-state index in [1.807, 2.05) is 30.3 Å². The Morgan fingerprint density at radius 3 is 2.38 bits per heavy atom. The molecule has 128 valence electrons. The minimum atomic E-state index is -4.57. The highest BCUT2D eigenvalue weighted by Gasteiger charge is 2.32. The molecule has 2 aromatic carbocycles. The maximum absolute atomic E-state index is 12.7. The molecule has 0 saturated heterocycles. The van der Waals surface area contributed by atoms with Crippen LogP contribution in [-0.2, 0) is 6.18 Å². The topological polar surface area (TPSA) is 67.2 Å². The van der Waals surface area contributed by atoms with E-state index >= 15 is 0 Å². The van der Waals surface area contributed by atoms with Crippen LogP contribution in [0.25, 0.3) is 0 Å². The number of alkyl halides is 3. The second-order valence-electron chi connectivity index (χ2n) is 5.15. The zero-order chi connectivity index (χ0) is 17.9. The molecular formula is C16H15ClF3N3O. The van der Waals surface area contributed by atoms with E-state index in [9.17, 15) is 18.0 Å². The van der Waals surface area contributed by atoms with Crippen molar-refractivity contribution in [1.82, 2.24) is 5.32 Å². The molecule has 1 unspecified atom stereocenters. The normalized spacial score (nSPS) is 12.5. The molecule has 4 N–H and O–H groups in total. The average Bonchev–Trinajstić information content (AvgIpc) is 2.50. The van der Waals surface area contributed by atoms with E-state index in [1.54, 1.807) is 6.92 Å². The van der Waals surface area contributed by atoms with E-state index < -0.39 is 17.8 Å². The Hall–Kier alpha value is -2.41. The van der Waals surface area contributed by atoms with E-state index in [0.29, 0.717) is 6.07 Å². The van der Waals surface area contributed by atoms with Crippen molar-refractivity contribution in [3.8, 4) is 0 Å². The van der Waals surface area contributed by atoms with Crippen molar-refractivity contribution >= 4 is 29.0 Å². The van der Waals surface area contributed by atoms with Crippen molar-refractivity contribution in [2.75, 3.05) is 11.1 Å². The summed E-state index contributed by atoms with van der Waals surface area (Å²) in [7, 11) is 0. The first-order valence-corrected chi connectivity index (χ1v) is 7.35. The summed E-state index contributed by atoms with van der Waals surface area (Å²) in [6, 6.07) is 9.69. The Balaban J connectivity index is 2.12. The van der Waals surface area contributed by atoms with Gasteiger partial charge in [0.05, 0.1) is 28.0 Å². The van der Waals surface area contributed by atoms with Crippen molar-refractivity contribution in [3.05, 3.63) is 58.6 Å². The molecule has 0 bridgehead atoms. The number of carbonyl (C=O) groups is 1. The fourth-order valence-electron chi connectivity index (χ4n) is 2.09. The van der Waals surface area contributed by atoms with E-state index in [0.717, 1.165) is 11.6 Å². The maximum atomic E-state index is 12.7. The van der Waals surface area contributed by atoms with Crippen LogP contribution in [0.5, 0.6) is 0 Å². The lowest BCUT2D eigenvalue weighted by Gasteiger charge is -2.17. The van der Waals surface area contributed by atoms with Gasteiger partial charge < -0.3 is 16.4 Å². The van der Waals surface area contributed by atoms with E-state index in [4.69, 9.17) is 17.3 Å². The number of hydrogen-bond donors (Lipinski definition) is 3. The number of benzene rings is 2. The molecule has 0 radical (unpaired) electrons. The molecule has 0 aliphatic carbocycles. The molecule has 0 saturated carbocycles. The predicted molar refractivity (Wildman–Crippen MR) is 87.9 cm³/mol. The molecule has 2 rings (SSSR count). The van der Waals surface area contributed by atoms with Crippen molar-refractivity contribution in [2.24, 2.45) is 0 Å². The van der Waals surface area contributed by atoms with E-state index in [1.165, 1.54) is 0 Å². The van der Waals surface area contributed by atoms with Crippen LogP contribution in [0.2, 0.25) is 5.02 Å². The van der Waals surface area contributed by atoms with E-state index in [2.05, 4.69) is 10.6 Å². The van der Waals surface area contributed by atoms with Crippen LogP contribution in [0.4, 0.5) is 29.3 Å². The van der Waals surface area contributed by atoms with Gasteiger partial charge in [-0.2, -0.15) is 13.2 Å². The van der Waals surface area contributed by atoms with Gasteiger partial charge in [0, 0.05) is 0 Å². The third-order valence-electron chi connectivity index (χ3n) is 3.33. The first-order valence-electron chi connectivity index (χ1n) is 6.97. The molecule has 0 aromatic heterocycles. The molecule has 2 aromatic rings. The molecule has 24 heavy (non-hydrogen) atoms. The van der Waals surface area contributed by atoms with Crippen molar-refractivity contribution < 1.29 is 18.0 Å². The summed E-state index contributed by atoms with van der Waals surface area (Å²) in [6.07, 6.45) is -4.57. The molecule has 0 aliphatic heterocycles. The van der Waals surface area contributed by atoms with Crippen molar-refractivity contribution in [1.29, 1.82) is 0 Å². The third-order valence-corrected chi connectivity index (χ3v) is 3.63. The minimum Gasteiger partial charge on any atom is -0.397 e. The molecular weight excluding hydrogens is 343 g/mol. The number of carbonyl (C=O) groups excluding carboxylic acids is 1. The van der Waals surface area contributed by atoms with Crippen LogP contribution >= 0.6 is 11.6 Å². The molecule has 0 heterocycles. The standard InChI is InChI=1S/C16H15ClF3N3O/c1-9(10-5-3-2-4-6-10)22-15(24)23-14-12(17)7-11(8-13(14)21)16(18,19)20/h2-9H,21H2,1H3,(H2,22,23,24). The zero-order valence-corrected chi connectivity index (χ0v) is 13.4. The quantitative estimate of drug-likeness (QED) is 0.689. The monoisotopic (exact) mass is 357 g/mol. The number of rotatable bonds is 3. The number of nitrogens with one attached hydrogen (secondary N) is 2. The van der Waals surface area contributed by atoms with Crippen LogP contribution in [-0.4, -0.2) is 6.03 Å². The van der Waals surface area contributed by atoms with Gasteiger partial charge in [0.1, 0.15) is 0 Å². The summed E-state index contributed by atoms with van der Waals surface area (Å²) in [4.78, 5) is 12.0. The number of nitrogens with two attached hydrogens (primary N) is 1. The van der Waals surface area contributed by atoms with Gasteiger partial charge in [0.15, 0.2) is 0 Å². The van der Waals surface area contributed by atoms with Crippen molar-refractivity contribution in [3.63, 3.8) is 0 Å². The lowest BCUT2D eigenvalue weighted by Crippen LogP contribution is -2.31. The summed E-state index contributed by atoms with van der Waals surface area (Å²) in [6.45, 7) is 1.77. The number of hydrogen-bond acceptors (Lipinski definition) is 2. The van der Waals surface area contributed by atoms with Gasteiger partial charge in [-0.05, 0) is 24.6 Å². The van der Waals surface area contributed by atoms with Gasteiger partial charge in [0.2, 0.25) is 0 Å². The maximum Gasteiger partial charge on any atom is 0.416 e. The lowest BCUT2D eigenvalue weighted by atomic mass is 10.1. The van der Waals surface area contributed by atoms with Crippen LogP contribution in [0.1, 0.15) is 24.1 Å². The van der Waals surface area contributed by atoms with Gasteiger partial charge in [-0.15, -0.1) is 0 Å². The second-order valence-corrected chi connectivity index (χ2v) is 5.56. The minimum absolute atomic E-state index is 0.0672. The zero-order valence-electron chi connectivity index (χ0n) is 12.6. The summed E-state index contributed by atoms with van der Waals surface area (Å²) >= 11 is 5.82. The predicted octanol–water partition coefficient (Wildman–Crippen LogP) is 4.82. The SMILES string of the molecule is CC(NC(=O)Nc1c(N)cc(C(F)(F)F)cc1Cl)c1ccccc1. The van der Waals surface area contributed by atoms with Gasteiger partial charge in [-0.25, -0.2) is 4.79 Å². The van der Waals surface area contributed by atoms with Gasteiger partial charge in [0.25, 0.3) is 0 Å². The molecule has 8 heteroatoms. The Labute approximate surface area is 141 Å². The van der Waals surface area contributed by atoms with Gasteiger partial charge in [-0.3, -0.25) is 0 Å². The summed E-state index contributed by atoms with van der Waals surface area (Å²) in [5.41, 5.74) is 5.14. The fourth-order valence-corrected chi connectivity index (χ4v) is 2.37. The molecule has 4 nitrogen and oxygen atoms in total. The lowest BCUT2D eigenvalue weighted by molar-refractivity contribution is -0.137. The molecule has 0 spiro atoms.